The predicted octanol–water partition coefficient (Wildman–Crippen LogP) is 1.20. The van der Waals surface area contributed by atoms with Crippen molar-refractivity contribution in [2.45, 2.75) is 18.3 Å². The zero-order valence-electron chi connectivity index (χ0n) is 6.25. The molecule has 0 bridgehead atoms. The highest BCUT2D eigenvalue weighted by Gasteiger charge is 2.47. The molecule has 3 nitrogen and oxygen atoms in total. The third-order valence-electron chi connectivity index (χ3n) is 2.26. The monoisotopic (exact) mass is 153 g/mol. The summed E-state index contributed by atoms with van der Waals surface area (Å²) in [7, 11) is 0. The second-order valence-corrected chi connectivity index (χ2v) is 3.07. The van der Waals surface area contributed by atoms with Crippen molar-refractivity contribution in [3.63, 3.8) is 0 Å². The third-order valence-corrected chi connectivity index (χ3v) is 2.26. The van der Waals surface area contributed by atoms with Gasteiger partial charge in [0, 0.05) is 0 Å². The summed E-state index contributed by atoms with van der Waals surface area (Å²) in [6, 6.07) is 3.87. The van der Waals surface area contributed by atoms with Crippen molar-refractivity contribution >= 4 is 0 Å². The highest BCUT2D eigenvalue weighted by molar-refractivity contribution is 5.21. The van der Waals surface area contributed by atoms with Crippen LogP contribution in [0.5, 0.6) is 0 Å². The van der Waals surface area contributed by atoms with Crippen LogP contribution in [0, 0.1) is 0 Å². The van der Waals surface area contributed by atoms with E-state index in [9.17, 15) is 0 Å². The fourth-order valence-electron chi connectivity index (χ4n) is 1.35. The zero-order valence-corrected chi connectivity index (χ0v) is 6.25. The second kappa shape index (κ2) is 2.36. The van der Waals surface area contributed by atoms with Gasteiger partial charge in [0.15, 0.2) is 0 Å². The van der Waals surface area contributed by atoms with Gasteiger partial charge in [0.05, 0.1) is 18.3 Å². The summed E-state index contributed by atoms with van der Waals surface area (Å²) in [5.41, 5.74) is 0.109. The summed E-state index contributed by atoms with van der Waals surface area (Å²) < 4.78 is 5.28. The lowest BCUT2D eigenvalue weighted by molar-refractivity contribution is 0.109. The van der Waals surface area contributed by atoms with E-state index in [1.165, 1.54) is 0 Å². The Morgan fingerprint density at radius 2 is 2.45 bits per heavy atom. The molecule has 1 heterocycles. The first kappa shape index (κ1) is 6.88. The number of rotatable bonds is 3. The Morgan fingerprint density at radius 3 is 2.91 bits per heavy atom. The molecule has 0 atom stereocenters. The fraction of sp³-hybridized carbons (Fsp3) is 0.500. The first-order valence-corrected chi connectivity index (χ1v) is 3.73. The van der Waals surface area contributed by atoms with Crippen LogP contribution in [0.15, 0.2) is 22.8 Å². The molecule has 2 N–H and O–H groups in total. The van der Waals surface area contributed by atoms with Crippen LogP contribution in [0.4, 0.5) is 0 Å². The Bertz CT molecular complexity index is 226. The molecule has 0 radical (unpaired) electrons. The normalized spacial score (nSPS) is 20.1. The maximum atomic E-state index is 5.28. The van der Waals surface area contributed by atoms with Gasteiger partial charge in [-0.05, 0) is 25.0 Å². The van der Waals surface area contributed by atoms with Gasteiger partial charge in [0.1, 0.15) is 5.76 Å². The molecule has 11 heavy (non-hydrogen) atoms. The van der Waals surface area contributed by atoms with Crippen LogP contribution in [0.3, 0.4) is 0 Å². The Balaban J connectivity index is 2.15. The molecule has 1 aliphatic carbocycles. The van der Waals surface area contributed by atoms with E-state index in [1.807, 2.05) is 12.1 Å². The number of furan rings is 1. The van der Waals surface area contributed by atoms with Crippen LogP contribution in [0.2, 0.25) is 0 Å². The van der Waals surface area contributed by atoms with Gasteiger partial charge in [-0.1, -0.05) is 0 Å². The molecular formula is C8H11NO2. The Morgan fingerprint density at radius 1 is 1.64 bits per heavy atom. The van der Waals surface area contributed by atoms with Crippen LogP contribution in [-0.2, 0) is 10.3 Å². The highest BCUT2D eigenvalue weighted by atomic mass is 16.6. The van der Waals surface area contributed by atoms with Crippen molar-refractivity contribution in [3.05, 3.63) is 24.2 Å². The van der Waals surface area contributed by atoms with Crippen molar-refractivity contribution in [2.24, 2.45) is 5.90 Å². The van der Waals surface area contributed by atoms with Crippen molar-refractivity contribution in [1.29, 1.82) is 0 Å². The van der Waals surface area contributed by atoms with Gasteiger partial charge in [-0.2, -0.15) is 0 Å². The van der Waals surface area contributed by atoms with E-state index >= 15 is 0 Å². The van der Waals surface area contributed by atoms with Crippen molar-refractivity contribution in [3.8, 4) is 0 Å². The lowest BCUT2D eigenvalue weighted by Gasteiger charge is -2.08. The number of hydrogen-bond donors (Lipinski definition) is 1. The molecule has 60 valence electrons. The summed E-state index contributed by atoms with van der Waals surface area (Å²) in [5, 5.41) is 0. The van der Waals surface area contributed by atoms with E-state index in [4.69, 9.17) is 10.3 Å². The average molecular weight is 153 g/mol. The zero-order chi connectivity index (χ0) is 7.73. The molecule has 0 amide bonds. The van der Waals surface area contributed by atoms with E-state index in [0.717, 1.165) is 18.6 Å². The topological polar surface area (TPSA) is 48.4 Å². The van der Waals surface area contributed by atoms with Gasteiger partial charge >= 0.3 is 0 Å². The van der Waals surface area contributed by atoms with Gasteiger partial charge < -0.3 is 9.25 Å². The molecule has 2 rings (SSSR count). The lowest BCUT2D eigenvalue weighted by Crippen LogP contribution is -2.17. The molecule has 0 unspecified atom stereocenters. The van der Waals surface area contributed by atoms with Gasteiger partial charge in [0.25, 0.3) is 0 Å². The molecule has 1 aromatic rings. The smallest absolute Gasteiger partial charge is 0.112 e. The van der Waals surface area contributed by atoms with Crippen LogP contribution in [0.25, 0.3) is 0 Å². The molecule has 1 saturated carbocycles. The molecule has 0 saturated heterocycles. The first-order valence-electron chi connectivity index (χ1n) is 3.73. The van der Waals surface area contributed by atoms with E-state index in [2.05, 4.69) is 4.84 Å². The van der Waals surface area contributed by atoms with E-state index in [-0.39, 0.29) is 5.41 Å². The SMILES string of the molecule is NOCC1(c2ccco2)CC1. The van der Waals surface area contributed by atoms with Gasteiger partial charge in [0.2, 0.25) is 0 Å². The summed E-state index contributed by atoms with van der Waals surface area (Å²) in [6.07, 6.45) is 3.93. The largest absolute Gasteiger partial charge is 0.469 e. The summed E-state index contributed by atoms with van der Waals surface area (Å²) in [4.78, 5) is 4.63. The summed E-state index contributed by atoms with van der Waals surface area (Å²) >= 11 is 0. The maximum Gasteiger partial charge on any atom is 0.112 e. The number of hydrogen-bond acceptors (Lipinski definition) is 3. The quantitative estimate of drug-likeness (QED) is 0.664. The minimum atomic E-state index is 0.109. The minimum Gasteiger partial charge on any atom is -0.469 e. The average Bonchev–Trinajstić information content (AvgIpc) is 2.63. The molecule has 1 aliphatic rings. The summed E-state index contributed by atoms with van der Waals surface area (Å²) in [5.74, 6) is 6.02. The lowest BCUT2D eigenvalue weighted by atomic mass is 10.1. The van der Waals surface area contributed by atoms with Crippen LogP contribution >= 0.6 is 0 Å². The van der Waals surface area contributed by atoms with Crippen LogP contribution in [0.1, 0.15) is 18.6 Å². The van der Waals surface area contributed by atoms with Crippen molar-refractivity contribution in [1.82, 2.24) is 0 Å². The van der Waals surface area contributed by atoms with E-state index in [0.29, 0.717) is 6.61 Å². The van der Waals surface area contributed by atoms with Crippen LogP contribution in [-0.4, -0.2) is 6.61 Å². The fourth-order valence-corrected chi connectivity index (χ4v) is 1.35. The maximum absolute atomic E-state index is 5.28. The van der Waals surface area contributed by atoms with E-state index in [1.54, 1.807) is 6.26 Å². The minimum absolute atomic E-state index is 0.109. The summed E-state index contributed by atoms with van der Waals surface area (Å²) in [6.45, 7) is 0.570. The first-order chi connectivity index (χ1) is 5.37. The predicted molar refractivity (Wildman–Crippen MR) is 39.8 cm³/mol. The van der Waals surface area contributed by atoms with Gasteiger partial charge in [-0.25, -0.2) is 5.90 Å². The highest BCUT2D eigenvalue weighted by Crippen LogP contribution is 2.48. The Kier molecular flexibility index (Phi) is 1.47. The molecular weight excluding hydrogens is 142 g/mol. The number of nitrogens with two attached hydrogens (primary N) is 1. The van der Waals surface area contributed by atoms with Gasteiger partial charge in [-0.3, -0.25) is 0 Å². The Labute approximate surface area is 65.1 Å². The Hall–Kier alpha value is -0.800. The molecule has 1 fully saturated rings. The second-order valence-electron chi connectivity index (χ2n) is 3.07. The molecule has 0 aliphatic heterocycles. The third kappa shape index (κ3) is 1.06. The van der Waals surface area contributed by atoms with Crippen molar-refractivity contribution in [2.75, 3.05) is 6.61 Å². The molecule has 0 aromatic carbocycles. The standard InChI is InChI=1S/C8H11NO2/c9-11-6-8(3-4-8)7-2-1-5-10-7/h1-2,5H,3-4,6,9H2. The van der Waals surface area contributed by atoms with Crippen molar-refractivity contribution < 1.29 is 9.25 Å². The molecule has 0 spiro atoms. The van der Waals surface area contributed by atoms with Crippen LogP contribution < -0.4 is 5.90 Å². The molecule has 1 aromatic heterocycles. The van der Waals surface area contributed by atoms with E-state index < -0.39 is 0 Å². The van der Waals surface area contributed by atoms with Gasteiger partial charge in [-0.15, -0.1) is 0 Å². The molecule has 3 heteroatoms.